The number of nitrogens with zero attached hydrogens (tertiary/aromatic N) is 2. The Morgan fingerprint density at radius 3 is 2.02 bits per heavy atom. The van der Waals surface area contributed by atoms with Gasteiger partial charge in [-0.2, -0.15) is 0 Å². The molecular weight excluding hydrogens is 632 g/mol. The molecule has 0 bridgehead atoms. The summed E-state index contributed by atoms with van der Waals surface area (Å²) < 4.78 is 82.8. The zero-order chi connectivity index (χ0) is 31.7. The van der Waals surface area contributed by atoms with Gasteiger partial charge >= 0.3 is 0 Å². The van der Waals surface area contributed by atoms with Gasteiger partial charge in [-0.3, -0.25) is 4.79 Å². The molecule has 7 nitrogen and oxygen atoms in total. The van der Waals surface area contributed by atoms with Gasteiger partial charge in [-0.15, -0.1) is 0 Å². The molecule has 0 spiro atoms. The van der Waals surface area contributed by atoms with Crippen LogP contribution in [-0.2, 0) is 29.2 Å². The number of aliphatic hydroxyl groups is 1. The Morgan fingerprint density at radius 2 is 1.45 bits per heavy atom. The lowest BCUT2D eigenvalue weighted by molar-refractivity contribution is -0.276. The summed E-state index contributed by atoms with van der Waals surface area (Å²) in [5.41, 5.74) is 1.09. The third-order valence-electron chi connectivity index (χ3n) is 7.37. The van der Waals surface area contributed by atoms with Crippen molar-refractivity contribution in [3.8, 4) is 0 Å². The number of hydrogen-bond acceptors (Lipinski definition) is 5. The molecule has 14 heteroatoms. The lowest BCUT2D eigenvalue weighted by atomic mass is 9.90. The van der Waals surface area contributed by atoms with Crippen LogP contribution in [0.2, 0.25) is 10.3 Å². The zero-order valence-corrected chi connectivity index (χ0v) is 24.4. The van der Waals surface area contributed by atoms with E-state index in [0.29, 0.717) is 17.7 Å². The van der Waals surface area contributed by atoms with E-state index in [2.05, 4.69) is 10.3 Å². The van der Waals surface area contributed by atoms with Crippen molar-refractivity contribution in [3.05, 3.63) is 122 Å². The van der Waals surface area contributed by atoms with E-state index in [1.54, 1.807) is 41.0 Å². The molecule has 0 radical (unpaired) electrons. The highest BCUT2D eigenvalue weighted by molar-refractivity contribution is 6.40. The van der Waals surface area contributed by atoms with Gasteiger partial charge in [0, 0.05) is 18.0 Å². The second-order valence-corrected chi connectivity index (χ2v) is 10.9. The number of carbonyl (C=O) groups excluding carboxylic acids is 1. The predicted octanol–water partition coefficient (Wildman–Crippen LogP) is 6.80. The first kappa shape index (κ1) is 31.9. The summed E-state index contributed by atoms with van der Waals surface area (Å²) >= 11 is 12.3. The Balaban J connectivity index is 1.34. The number of nitrogens with one attached hydrogen (secondary N) is 1. The minimum absolute atomic E-state index is 0.107. The molecule has 0 unspecified atom stereocenters. The predicted molar refractivity (Wildman–Crippen MR) is 149 cm³/mol. The molecule has 0 aliphatic carbocycles. The van der Waals surface area contributed by atoms with Gasteiger partial charge in [0.2, 0.25) is 5.82 Å². The largest absolute Gasteiger partial charge is 0.392 e. The normalized spacial score (nSPS) is 20.1. The van der Waals surface area contributed by atoms with Gasteiger partial charge in [0.05, 0.1) is 31.7 Å². The van der Waals surface area contributed by atoms with Gasteiger partial charge in [0.25, 0.3) is 5.91 Å². The van der Waals surface area contributed by atoms with E-state index in [0.717, 1.165) is 11.1 Å². The van der Waals surface area contributed by atoms with Crippen LogP contribution in [0.5, 0.6) is 0 Å². The van der Waals surface area contributed by atoms with Crippen LogP contribution >= 0.6 is 23.2 Å². The fourth-order valence-corrected chi connectivity index (χ4v) is 5.17. The van der Waals surface area contributed by atoms with E-state index in [1.807, 2.05) is 19.1 Å². The number of ether oxygens (including phenoxy) is 2. The SMILES string of the molecule is C[C@H]1[C@@H](Cn2cnc(Cl)c2Cl)O[C@@H](c2ccc(CNC(=O)c3c(F)c(F)c(F)c(F)c3F)cc2)O[C@H]1c1ccc(CO)cc1. The number of amides is 1. The van der Waals surface area contributed by atoms with E-state index in [-0.39, 0.29) is 29.4 Å². The molecule has 1 aliphatic rings. The number of hydrogen-bond donors (Lipinski definition) is 2. The van der Waals surface area contributed by atoms with Crippen molar-refractivity contribution in [3.63, 3.8) is 0 Å². The van der Waals surface area contributed by atoms with E-state index in [4.69, 9.17) is 32.7 Å². The van der Waals surface area contributed by atoms with Crippen molar-refractivity contribution < 1.29 is 41.3 Å². The molecule has 1 fully saturated rings. The van der Waals surface area contributed by atoms with E-state index >= 15 is 0 Å². The first-order chi connectivity index (χ1) is 21.0. The lowest BCUT2D eigenvalue weighted by Crippen LogP contribution is -2.39. The second kappa shape index (κ2) is 13.2. The number of halogens is 7. The molecule has 4 aromatic rings. The third kappa shape index (κ3) is 6.31. The number of benzene rings is 3. The Bertz CT molecular complexity index is 1640. The lowest BCUT2D eigenvalue weighted by Gasteiger charge is -2.41. The molecule has 1 saturated heterocycles. The Labute approximate surface area is 258 Å². The molecule has 2 heterocycles. The van der Waals surface area contributed by atoms with Gasteiger partial charge < -0.3 is 24.5 Å². The zero-order valence-electron chi connectivity index (χ0n) is 22.8. The first-order valence-corrected chi connectivity index (χ1v) is 14.0. The summed E-state index contributed by atoms with van der Waals surface area (Å²) in [4.78, 5) is 16.3. The average molecular weight is 656 g/mol. The van der Waals surface area contributed by atoms with Crippen LogP contribution in [0.3, 0.4) is 0 Å². The minimum atomic E-state index is -2.35. The summed E-state index contributed by atoms with van der Waals surface area (Å²) in [6.07, 6.45) is -0.191. The fourth-order valence-electron chi connectivity index (χ4n) is 4.86. The third-order valence-corrected chi connectivity index (χ3v) is 8.14. The highest BCUT2D eigenvalue weighted by Gasteiger charge is 2.39. The van der Waals surface area contributed by atoms with Gasteiger partial charge in [0.15, 0.2) is 34.7 Å². The van der Waals surface area contributed by atoms with E-state index in [1.165, 1.54) is 6.33 Å². The van der Waals surface area contributed by atoms with Crippen molar-refractivity contribution in [2.24, 2.45) is 5.92 Å². The van der Waals surface area contributed by atoms with Crippen LogP contribution in [0.4, 0.5) is 22.0 Å². The van der Waals surface area contributed by atoms with Gasteiger partial charge in [-0.25, -0.2) is 26.9 Å². The first-order valence-electron chi connectivity index (χ1n) is 13.2. The molecule has 0 saturated carbocycles. The van der Waals surface area contributed by atoms with E-state index in [9.17, 15) is 31.9 Å². The van der Waals surface area contributed by atoms with Crippen molar-refractivity contribution in [1.82, 2.24) is 14.9 Å². The fraction of sp³-hybridized carbons (Fsp3) is 0.267. The Hall–Kier alpha value is -3.55. The number of carbonyl (C=O) groups is 1. The van der Waals surface area contributed by atoms with Gasteiger partial charge in [-0.1, -0.05) is 78.7 Å². The van der Waals surface area contributed by atoms with E-state index < -0.39 is 59.1 Å². The summed E-state index contributed by atoms with van der Waals surface area (Å²) in [5, 5.41) is 12.0. The molecule has 1 aliphatic heterocycles. The topological polar surface area (TPSA) is 85.6 Å². The number of aromatic nitrogens is 2. The van der Waals surface area contributed by atoms with Crippen LogP contribution in [0, 0.1) is 35.0 Å². The highest BCUT2D eigenvalue weighted by Crippen LogP contribution is 2.42. The standard InChI is InChI=1S/C30H24Cl2F5N3O4/c1-14-19(11-40-13-39-27(31)28(40)32)43-30(44-26(14)17-6-4-16(12-41)5-7-17)18-8-2-15(3-9-18)10-38-29(42)20-21(33)23(35)25(37)24(36)22(20)34/h2-9,13-14,19,26,30,41H,10-12H2,1H3,(H,38,42)/t14-,19+,26+,30+/m0/s1. The molecule has 232 valence electrons. The smallest absolute Gasteiger partial charge is 0.257 e. The molecule has 1 aromatic heterocycles. The summed E-state index contributed by atoms with van der Waals surface area (Å²) in [6.45, 7) is 1.90. The molecule has 44 heavy (non-hydrogen) atoms. The molecular formula is C30H24Cl2F5N3O4. The molecule has 1 amide bonds. The number of rotatable bonds is 8. The second-order valence-electron chi connectivity index (χ2n) is 10.2. The monoisotopic (exact) mass is 655 g/mol. The van der Waals surface area contributed by atoms with Crippen molar-refractivity contribution in [1.29, 1.82) is 0 Å². The summed E-state index contributed by atoms with van der Waals surface area (Å²) in [7, 11) is 0. The quantitative estimate of drug-likeness (QED) is 0.124. The van der Waals surface area contributed by atoms with Crippen LogP contribution in [0.25, 0.3) is 0 Å². The van der Waals surface area contributed by atoms with Crippen LogP contribution < -0.4 is 5.32 Å². The maximum absolute atomic E-state index is 14.0. The van der Waals surface area contributed by atoms with Crippen LogP contribution in [-0.4, -0.2) is 26.7 Å². The van der Waals surface area contributed by atoms with Gasteiger partial charge in [0.1, 0.15) is 10.7 Å². The Kier molecular flexibility index (Phi) is 9.56. The minimum Gasteiger partial charge on any atom is -0.392 e. The molecule has 2 N–H and O–H groups in total. The maximum Gasteiger partial charge on any atom is 0.257 e. The Morgan fingerprint density at radius 1 is 0.886 bits per heavy atom. The molecule has 4 atom stereocenters. The van der Waals surface area contributed by atoms with Gasteiger partial charge in [-0.05, 0) is 16.7 Å². The van der Waals surface area contributed by atoms with Crippen molar-refractivity contribution in [2.45, 2.75) is 45.1 Å². The number of aliphatic hydroxyl groups excluding tert-OH is 1. The number of imidazole rings is 1. The average Bonchev–Trinajstić information content (AvgIpc) is 3.35. The van der Waals surface area contributed by atoms with Crippen LogP contribution in [0.1, 0.15) is 51.9 Å². The van der Waals surface area contributed by atoms with Crippen molar-refractivity contribution in [2.75, 3.05) is 0 Å². The highest BCUT2D eigenvalue weighted by atomic mass is 35.5. The van der Waals surface area contributed by atoms with Crippen LogP contribution in [0.15, 0.2) is 54.9 Å². The summed E-state index contributed by atoms with van der Waals surface area (Å²) in [5.74, 6) is -12.8. The summed E-state index contributed by atoms with van der Waals surface area (Å²) in [6, 6.07) is 13.8. The molecule has 5 rings (SSSR count). The van der Waals surface area contributed by atoms with Crippen molar-refractivity contribution >= 4 is 29.1 Å². The maximum atomic E-state index is 14.0. The molecule has 3 aromatic carbocycles.